The Balaban J connectivity index is 2.02. The number of anilines is 1. The molecule has 0 saturated carbocycles. The van der Waals surface area contributed by atoms with Gasteiger partial charge in [0.15, 0.2) is 5.17 Å². The van der Waals surface area contributed by atoms with E-state index in [-0.39, 0.29) is 11.6 Å². The van der Waals surface area contributed by atoms with Crippen molar-refractivity contribution in [1.82, 2.24) is 0 Å². The Kier molecular flexibility index (Phi) is 6.69. The third kappa shape index (κ3) is 4.60. The molecule has 2 N–H and O–H groups in total. The molecule has 1 atom stereocenters. The van der Waals surface area contributed by atoms with Gasteiger partial charge in [0.25, 0.3) is 5.91 Å². The minimum atomic E-state index is -0.575. The van der Waals surface area contributed by atoms with Crippen LogP contribution in [0.15, 0.2) is 53.2 Å². The number of carbonyl (C=O) groups is 2. The standard InChI is InChI=1S/C21H20ClN3O4S/c1-12(19(23)26)30-21-24-17(10-13-4-7-15(28-2)8-5-13)20(27)25(21)14-6-9-16(22)18(11-14)29-3/h4-12H,1-3H3,(H2,23,26)/b17-10-/t12-/m1/s1. The van der Waals surface area contributed by atoms with Crippen LogP contribution < -0.4 is 20.1 Å². The summed E-state index contributed by atoms with van der Waals surface area (Å²) in [6, 6.07) is 12.2. The second kappa shape index (κ2) is 9.23. The Hall–Kier alpha value is -2.97. The van der Waals surface area contributed by atoms with Gasteiger partial charge in [-0.15, -0.1) is 0 Å². The molecule has 9 heteroatoms. The molecule has 30 heavy (non-hydrogen) atoms. The van der Waals surface area contributed by atoms with Crippen LogP contribution in [0.1, 0.15) is 12.5 Å². The van der Waals surface area contributed by atoms with Crippen molar-refractivity contribution in [2.75, 3.05) is 19.1 Å². The molecule has 0 aliphatic carbocycles. The Morgan fingerprint density at radius 3 is 2.50 bits per heavy atom. The highest BCUT2D eigenvalue weighted by molar-refractivity contribution is 8.15. The van der Waals surface area contributed by atoms with Gasteiger partial charge in [-0.1, -0.05) is 35.5 Å². The van der Waals surface area contributed by atoms with Crippen LogP contribution in [0.5, 0.6) is 11.5 Å². The van der Waals surface area contributed by atoms with E-state index in [2.05, 4.69) is 4.99 Å². The van der Waals surface area contributed by atoms with E-state index in [4.69, 9.17) is 26.8 Å². The first kappa shape index (κ1) is 21.7. The lowest BCUT2D eigenvalue weighted by Gasteiger charge is -2.20. The van der Waals surface area contributed by atoms with Crippen molar-refractivity contribution in [1.29, 1.82) is 0 Å². The van der Waals surface area contributed by atoms with Crippen molar-refractivity contribution in [3.8, 4) is 11.5 Å². The van der Waals surface area contributed by atoms with Gasteiger partial charge >= 0.3 is 0 Å². The van der Waals surface area contributed by atoms with Crippen molar-refractivity contribution in [2.45, 2.75) is 12.2 Å². The Morgan fingerprint density at radius 1 is 1.20 bits per heavy atom. The van der Waals surface area contributed by atoms with Crippen LogP contribution in [0.25, 0.3) is 6.08 Å². The molecule has 0 bridgehead atoms. The largest absolute Gasteiger partial charge is 0.497 e. The van der Waals surface area contributed by atoms with E-state index in [1.54, 1.807) is 50.4 Å². The molecule has 2 amide bonds. The third-order valence-electron chi connectivity index (χ3n) is 4.32. The predicted octanol–water partition coefficient (Wildman–Crippen LogP) is 3.71. The lowest BCUT2D eigenvalue weighted by Crippen LogP contribution is -2.33. The highest BCUT2D eigenvalue weighted by Crippen LogP contribution is 2.35. The molecule has 3 rings (SSSR count). The van der Waals surface area contributed by atoms with Crippen LogP contribution >= 0.6 is 23.4 Å². The second-order valence-electron chi connectivity index (χ2n) is 6.32. The fourth-order valence-corrected chi connectivity index (χ4v) is 3.74. The molecular weight excluding hydrogens is 426 g/mol. The van der Waals surface area contributed by atoms with Gasteiger partial charge in [-0.25, -0.2) is 4.99 Å². The average molecular weight is 446 g/mol. The molecule has 1 aliphatic heterocycles. The van der Waals surface area contributed by atoms with E-state index >= 15 is 0 Å². The zero-order valence-corrected chi connectivity index (χ0v) is 18.2. The molecule has 2 aromatic carbocycles. The molecule has 0 fully saturated rings. The van der Waals surface area contributed by atoms with Gasteiger partial charge in [0.2, 0.25) is 5.91 Å². The van der Waals surface area contributed by atoms with E-state index in [9.17, 15) is 9.59 Å². The summed E-state index contributed by atoms with van der Waals surface area (Å²) in [6.07, 6.45) is 1.67. The van der Waals surface area contributed by atoms with Crippen molar-refractivity contribution in [2.24, 2.45) is 10.7 Å². The summed E-state index contributed by atoms with van der Waals surface area (Å²) in [7, 11) is 3.07. The number of nitrogens with two attached hydrogens (primary N) is 1. The van der Waals surface area contributed by atoms with E-state index in [0.717, 1.165) is 17.3 Å². The molecule has 0 aromatic heterocycles. The van der Waals surface area contributed by atoms with Crippen LogP contribution in [-0.2, 0) is 9.59 Å². The molecule has 0 radical (unpaired) electrons. The summed E-state index contributed by atoms with van der Waals surface area (Å²) < 4.78 is 10.4. The van der Waals surface area contributed by atoms with Gasteiger partial charge in [-0.05, 0) is 42.8 Å². The van der Waals surface area contributed by atoms with Gasteiger partial charge < -0.3 is 15.2 Å². The molecule has 0 unspecified atom stereocenters. The predicted molar refractivity (Wildman–Crippen MR) is 120 cm³/mol. The first-order valence-corrected chi connectivity index (χ1v) is 10.2. The normalized spacial score (nSPS) is 15.9. The lowest BCUT2D eigenvalue weighted by molar-refractivity contribution is -0.117. The number of hydrogen-bond acceptors (Lipinski definition) is 6. The van der Waals surface area contributed by atoms with Crippen molar-refractivity contribution in [3.05, 3.63) is 58.7 Å². The van der Waals surface area contributed by atoms with Crippen LogP contribution in [0, 0.1) is 0 Å². The molecule has 1 aliphatic rings. The first-order chi connectivity index (χ1) is 14.3. The third-order valence-corrected chi connectivity index (χ3v) is 5.71. The monoisotopic (exact) mass is 445 g/mol. The van der Waals surface area contributed by atoms with Gasteiger partial charge in [0.1, 0.15) is 17.2 Å². The number of halogens is 1. The maximum atomic E-state index is 13.2. The fourth-order valence-electron chi connectivity index (χ4n) is 2.66. The molecule has 0 spiro atoms. The summed E-state index contributed by atoms with van der Waals surface area (Å²) in [5.41, 5.74) is 6.93. The van der Waals surface area contributed by atoms with E-state index in [0.29, 0.717) is 27.4 Å². The van der Waals surface area contributed by atoms with Crippen LogP contribution in [0.2, 0.25) is 5.02 Å². The number of rotatable bonds is 6. The van der Waals surface area contributed by atoms with Crippen molar-refractivity contribution >= 4 is 52.1 Å². The summed E-state index contributed by atoms with van der Waals surface area (Å²) >= 11 is 7.22. The number of aliphatic imine (C=N–C) groups is 1. The maximum Gasteiger partial charge on any atom is 0.283 e. The Bertz CT molecular complexity index is 1040. The number of ether oxygens (including phenoxy) is 2. The van der Waals surface area contributed by atoms with E-state index < -0.39 is 11.2 Å². The smallest absolute Gasteiger partial charge is 0.283 e. The number of nitrogens with zero attached hydrogens (tertiary/aromatic N) is 2. The Morgan fingerprint density at radius 2 is 1.90 bits per heavy atom. The number of methoxy groups -OCH3 is 2. The van der Waals surface area contributed by atoms with Gasteiger partial charge in [0.05, 0.1) is 30.2 Å². The molecule has 7 nitrogen and oxygen atoms in total. The van der Waals surface area contributed by atoms with Crippen molar-refractivity contribution in [3.63, 3.8) is 0 Å². The van der Waals surface area contributed by atoms with Gasteiger partial charge in [-0.3, -0.25) is 14.5 Å². The summed E-state index contributed by atoms with van der Waals surface area (Å²) in [5.74, 6) is 0.285. The van der Waals surface area contributed by atoms with E-state index in [1.165, 1.54) is 12.0 Å². The van der Waals surface area contributed by atoms with E-state index in [1.807, 2.05) is 12.1 Å². The van der Waals surface area contributed by atoms with Gasteiger partial charge in [-0.2, -0.15) is 0 Å². The SMILES string of the molecule is COc1ccc(/C=C2\N=C(S[C@H](C)C(N)=O)N(c3ccc(Cl)c(OC)c3)C2=O)cc1. The Labute approximate surface area is 183 Å². The molecule has 1 heterocycles. The minimum Gasteiger partial charge on any atom is -0.497 e. The average Bonchev–Trinajstić information content (AvgIpc) is 3.03. The van der Waals surface area contributed by atoms with Crippen LogP contribution in [0.3, 0.4) is 0 Å². The van der Waals surface area contributed by atoms with Crippen LogP contribution in [0.4, 0.5) is 5.69 Å². The van der Waals surface area contributed by atoms with Crippen LogP contribution in [-0.4, -0.2) is 36.5 Å². The number of thioether (sulfide) groups is 1. The molecule has 156 valence electrons. The summed E-state index contributed by atoms with van der Waals surface area (Å²) in [6.45, 7) is 1.66. The number of benzene rings is 2. The topological polar surface area (TPSA) is 94.2 Å². The lowest BCUT2D eigenvalue weighted by atomic mass is 10.2. The maximum absolute atomic E-state index is 13.2. The quantitative estimate of drug-likeness (QED) is 0.684. The number of amides is 2. The molecule has 0 saturated heterocycles. The fraction of sp³-hybridized carbons (Fsp3) is 0.190. The molecule has 2 aromatic rings. The highest BCUT2D eigenvalue weighted by Gasteiger charge is 2.34. The van der Waals surface area contributed by atoms with Crippen molar-refractivity contribution < 1.29 is 19.1 Å². The zero-order chi connectivity index (χ0) is 21.8. The second-order valence-corrected chi connectivity index (χ2v) is 8.03. The number of amidine groups is 1. The first-order valence-electron chi connectivity index (χ1n) is 8.92. The summed E-state index contributed by atoms with van der Waals surface area (Å²) in [5, 5.41) is 0.183. The molecular formula is C21H20ClN3O4S. The number of carbonyl (C=O) groups excluding carboxylic acids is 2. The van der Waals surface area contributed by atoms with Gasteiger partial charge in [0, 0.05) is 6.07 Å². The number of hydrogen-bond donors (Lipinski definition) is 1. The number of primary amides is 1. The summed E-state index contributed by atoms with van der Waals surface area (Å²) in [4.78, 5) is 30.6. The highest BCUT2D eigenvalue weighted by atomic mass is 35.5. The minimum absolute atomic E-state index is 0.230. The zero-order valence-electron chi connectivity index (χ0n) is 16.6.